The van der Waals surface area contributed by atoms with Crippen LogP contribution >= 0.6 is 11.8 Å². The van der Waals surface area contributed by atoms with Crippen molar-refractivity contribution in [3.05, 3.63) is 60.2 Å². The number of hydrogen-bond donors (Lipinski definition) is 1. The number of anilines is 1. The van der Waals surface area contributed by atoms with Gasteiger partial charge in [0, 0.05) is 4.90 Å². The first-order chi connectivity index (χ1) is 9.58. The molecular formula is C15H13F2NOS. The fourth-order valence-corrected chi connectivity index (χ4v) is 2.49. The number of nitrogens with one attached hydrogen (secondary N) is 1. The highest BCUT2D eigenvalue weighted by atomic mass is 32.2. The van der Waals surface area contributed by atoms with Crippen LogP contribution in [0.4, 0.5) is 14.5 Å². The smallest absolute Gasteiger partial charge is 0.237 e. The van der Waals surface area contributed by atoms with E-state index >= 15 is 0 Å². The maximum absolute atomic E-state index is 13.4. The van der Waals surface area contributed by atoms with Gasteiger partial charge in [-0.2, -0.15) is 0 Å². The minimum Gasteiger partial charge on any atom is -0.320 e. The summed E-state index contributed by atoms with van der Waals surface area (Å²) >= 11 is 1.33. The van der Waals surface area contributed by atoms with Gasteiger partial charge in [0.1, 0.15) is 17.3 Å². The molecule has 1 N–H and O–H groups in total. The standard InChI is InChI=1S/C15H13F2NOS/c1-10(20-11-6-3-2-4-7-11)15(19)18-14-12(16)8-5-9-13(14)17/h2-10H,1H3,(H,18,19)/t10-/m1/s1. The fourth-order valence-electron chi connectivity index (χ4n) is 1.60. The molecule has 2 rings (SSSR count). The molecule has 2 aromatic rings. The van der Waals surface area contributed by atoms with Crippen molar-refractivity contribution in [2.75, 3.05) is 5.32 Å². The van der Waals surface area contributed by atoms with Crippen molar-refractivity contribution in [1.29, 1.82) is 0 Å². The molecule has 0 saturated carbocycles. The number of carbonyl (C=O) groups excluding carboxylic acids is 1. The van der Waals surface area contributed by atoms with E-state index in [1.54, 1.807) is 6.92 Å². The van der Waals surface area contributed by atoms with Gasteiger partial charge in [0.05, 0.1) is 5.25 Å². The van der Waals surface area contributed by atoms with Crippen LogP contribution in [0.15, 0.2) is 53.4 Å². The van der Waals surface area contributed by atoms with E-state index in [0.29, 0.717) is 0 Å². The van der Waals surface area contributed by atoms with E-state index in [-0.39, 0.29) is 0 Å². The van der Waals surface area contributed by atoms with Gasteiger partial charge in [-0.1, -0.05) is 24.3 Å². The Morgan fingerprint density at radius 3 is 2.25 bits per heavy atom. The summed E-state index contributed by atoms with van der Waals surface area (Å²) in [6, 6.07) is 12.8. The molecule has 20 heavy (non-hydrogen) atoms. The molecule has 1 atom stereocenters. The highest BCUT2D eigenvalue weighted by Gasteiger charge is 2.18. The molecule has 0 aromatic heterocycles. The van der Waals surface area contributed by atoms with Crippen LogP contribution in [-0.2, 0) is 4.79 Å². The quantitative estimate of drug-likeness (QED) is 0.860. The molecule has 104 valence electrons. The maximum Gasteiger partial charge on any atom is 0.237 e. The summed E-state index contributed by atoms with van der Waals surface area (Å²) in [6.45, 7) is 1.69. The molecule has 0 unspecified atom stereocenters. The first-order valence-corrected chi connectivity index (χ1v) is 6.92. The van der Waals surface area contributed by atoms with Crippen LogP contribution in [0.1, 0.15) is 6.92 Å². The Bertz CT molecular complexity index is 584. The lowest BCUT2D eigenvalue weighted by molar-refractivity contribution is -0.115. The number of carbonyl (C=O) groups is 1. The first-order valence-electron chi connectivity index (χ1n) is 6.04. The maximum atomic E-state index is 13.4. The number of halogens is 2. The van der Waals surface area contributed by atoms with Gasteiger partial charge in [-0.15, -0.1) is 11.8 Å². The zero-order chi connectivity index (χ0) is 14.5. The lowest BCUT2D eigenvalue weighted by atomic mass is 10.3. The van der Waals surface area contributed by atoms with E-state index in [4.69, 9.17) is 0 Å². The zero-order valence-corrected chi connectivity index (χ0v) is 11.6. The number of para-hydroxylation sites is 1. The van der Waals surface area contributed by atoms with E-state index in [2.05, 4.69) is 5.32 Å². The van der Waals surface area contributed by atoms with Crippen molar-refractivity contribution in [3.8, 4) is 0 Å². The highest BCUT2D eigenvalue weighted by molar-refractivity contribution is 8.00. The van der Waals surface area contributed by atoms with Gasteiger partial charge in [-0.25, -0.2) is 8.78 Å². The molecule has 2 aromatic carbocycles. The predicted octanol–water partition coefficient (Wildman–Crippen LogP) is 4.08. The summed E-state index contributed by atoms with van der Waals surface area (Å²) in [6.07, 6.45) is 0. The molecule has 0 heterocycles. The molecule has 0 aliphatic carbocycles. The van der Waals surface area contributed by atoms with E-state index in [1.807, 2.05) is 30.3 Å². The van der Waals surface area contributed by atoms with E-state index in [0.717, 1.165) is 17.0 Å². The predicted molar refractivity (Wildman–Crippen MR) is 76.7 cm³/mol. The van der Waals surface area contributed by atoms with Gasteiger partial charge >= 0.3 is 0 Å². The zero-order valence-electron chi connectivity index (χ0n) is 10.8. The normalized spacial score (nSPS) is 11.9. The second kappa shape index (κ2) is 6.52. The van der Waals surface area contributed by atoms with Crippen LogP contribution in [0.25, 0.3) is 0 Å². The van der Waals surface area contributed by atoms with Gasteiger partial charge < -0.3 is 5.32 Å². The molecule has 0 spiro atoms. The van der Waals surface area contributed by atoms with Gasteiger partial charge in [0.25, 0.3) is 0 Å². The third-order valence-corrected chi connectivity index (χ3v) is 3.75. The Balaban J connectivity index is 2.05. The second-order valence-corrected chi connectivity index (χ2v) is 5.57. The van der Waals surface area contributed by atoms with Crippen LogP contribution in [0, 0.1) is 11.6 Å². The third kappa shape index (κ3) is 3.57. The number of thioether (sulfide) groups is 1. The number of benzene rings is 2. The number of rotatable bonds is 4. The van der Waals surface area contributed by atoms with E-state index < -0.39 is 28.5 Å². The molecule has 0 bridgehead atoms. The number of hydrogen-bond acceptors (Lipinski definition) is 2. The van der Waals surface area contributed by atoms with Crippen LogP contribution in [0.2, 0.25) is 0 Å². The summed E-state index contributed by atoms with van der Waals surface area (Å²) < 4.78 is 26.9. The Labute approximate surface area is 120 Å². The van der Waals surface area contributed by atoms with Crippen molar-refractivity contribution < 1.29 is 13.6 Å². The molecule has 0 aliphatic heterocycles. The van der Waals surface area contributed by atoms with Crippen molar-refractivity contribution in [1.82, 2.24) is 0 Å². The average molecular weight is 293 g/mol. The first kappa shape index (κ1) is 14.5. The van der Waals surface area contributed by atoms with Crippen molar-refractivity contribution >= 4 is 23.4 Å². The lowest BCUT2D eigenvalue weighted by Gasteiger charge is -2.13. The Morgan fingerprint density at radius 1 is 1.05 bits per heavy atom. The second-order valence-electron chi connectivity index (χ2n) is 4.16. The van der Waals surface area contributed by atoms with Crippen LogP contribution in [-0.4, -0.2) is 11.2 Å². The molecule has 0 radical (unpaired) electrons. The van der Waals surface area contributed by atoms with Crippen LogP contribution in [0.5, 0.6) is 0 Å². The van der Waals surface area contributed by atoms with E-state index in [9.17, 15) is 13.6 Å². The molecule has 5 heteroatoms. The minimum absolute atomic E-state index is 0.405. The summed E-state index contributed by atoms with van der Waals surface area (Å²) in [5, 5.41) is 1.83. The topological polar surface area (TPSA) is 29.1 Å². The molecule has 0 fully saturated rings. The molecular weight excluding hydrogens is 280 g/mol. The van der Waals surface area contributed by atoms with Crippen molar-refractivity contribution in [2.24, 2.45) is 0 Å². The van der Waals surface area contributed by atoms with E-state index in [1.165, 1.54) is 17.8 Å². The van der Waals surface area contributed by atoms with Gasteiger partial charge in [0.15, 0.2) is 0 Å². The lowest BCUT2D eigenvalue weighted by Crippen LogP contribution is -2.23. The third-order valence-electron chi connectivity index (χ3n) is 2.64. The summed E-state index contributed by atoms with van der Waals surface area (Å²) in [5.74, 6) is -2.01. The van der Waals surface area contributed by atoms with Crippen LogP contribution < -0.4 is 5.32 Å². The average Bonchev–Trinajstić information content (AvgIpc) is 2.44. The van der Waals surface area contributed by atoms with Crippen molar-refractivity contribution in [2.45, 2.75) is 17.1 Å². The molecule has 1 amide bonds. The van der Waals surface area contributed by atoms with Crippen LogP contribution in [0.3, 0.4) is 0 Å². The Kier molecular flexibility index (Phi) is 4.74. The summed E-state index contributed by atoms with van der Waals surface area (Å²) in [5.41, 5.74) is -0.405. The molecule has 0 saturated heterocycles. The monoisotopic (exact) mass is 293 g/mol. The van der Waals surface area contributed by atoms with Gasteiger partial charge in [-0.3, -0.25) is 4.79 Å². The highest BCUT2D eigenvalue weighted by Crippen LogP contribution is 2.25. The molecule has 0 aliphatic rings. The van der Waals surface area contributed by atoms with Gasteiger partial charge in [-0.05, 0) is 31.2 Å². The minimum atomic E-state index is -0.782. The Morgan fingerprint density at radius 2 is 1.65 bits per heavy atom. The molecule has 2 nitrogen and oxygen atoms in total. The van der Waals surface area contributed by atoms with Crippen molar-refractivity contribution in [3.63, 3.8) is 0 Å². The SMILES string of the molecule is C[C@@H](Sc1ccccc1)C(=O)Nc1c(F)cccc1F. The van der Waals surface area contributed by atoms with Gasteiger partial charge in [0.2, 0.25) is 5.91 Å². The summed E-state index contributed by atoms with van der Waals surface area (Å²) in [4.78, 5) is 12.9. The summed E-state index contributed by atoms with van der Waals surface area (Å²) in [7, 11) is 0. The number of amides is 1. The Hall–Kier alpha value is -1.88. The largest absolute Gasteiger partial charge is 0.320 e. The fraction of sp³-hybridized carbons (Fsp3) is 0.133.